The van der Waals surface area contributed by atoms with Crippen molar-refractivity contribution in [3.8, 4) is 5.75 Å². The number of benzene rings is 2. The van der Waals surface area contributed by atoms with Crippen molar-refractivity contribution in [2.24, 2.45) is 0 Å². The van der Waals surface area contributed by atoms with Gasteiger partial charge < -0.3 is 14.4 Å². The van der Waals surface area contributed by atoms with E-state index in [1.54, 1.807) is 7.11 Å². The maximum absolute atomic E-state index is 13.0. The highest BCUT2D eigenvalue weighted by molar-refractivity contribution is 9.10. The molecule has 1 saturated heterocycles. The summed E-state index contributed by atoms with van der Waals surface area (Å²) in [5.74, 6) is 0.845. The number of allylic oxidation sites excluding steroid dienone is 1. The number of hydrogen-bond acceptors (Lipinski definition) is 4. The standard InChI is InChI=1S/C22H22BrNO3/c1-14-7-15(10-18(23)8-14)9-17-11-16-12-20(24-3-5-27-6-4-24)21(26-2)13-19(16)22(17)25/h7-10,12-13H,3-6,11H2,1-2H3/b17-9+. The zero-order chi connectivity index (χ0) is 19.0. The van der Waals surface area contributed by atoms with E-state index >= 15 is 0 Å². The molecule has 5 heteroatoms. The van der Waals surface area contributed by atoms with Gasteiger partial charge in [0.2, 0.25) is 0 Å². The molecule has 0 saturated carbocycles. The first-order valence-corrected chi connectivity index (χ1v) is 9.90. The summed E-state index contributed by atoms with van der Waals surface area (Å²) in [6, 6.07) is 10.2. The van der Waals surface area contributed by atoms with Crippen molar-refractivity contribution in [3.63, 3.8) is 0 Å². The molecular weight excluding hydrogens is 406 g/mol. The molecule has 1 aliphatic carbocycles. The summed E-state index contributed by atoms with van der Waals surface area (Å²) >= 11 is 3.53. The highest BCUT2D eigenvalue weighted by Gasteiger charge is 2.28. The molecule has 1 heterocycles. The Bertz CT molecular complexity index is 909. The monoisotopic (exact) mass is 427 g/mol. The van der Waals surface area contributed by atoms with E-state index in [-0.39, 0.29) is 5.78 Å². The number of carbonyl (C=O) groups excluding carboxylic acids is 1. The average molecular weight is 428 g/mol. The van der Waals surface area contributed by atoms with Gasteiger partial charge in [-0.2, -0.15) is 0 Å². The second-order valence-electron chi connectivity index (χ2n) is 7.02. The van der Waals surface area contributed by atoms with E-state index in [1.165, 1.54) is 0 Å². The Balaban J connectivity index is 1.70. The number of ether oxygens (including phenoxy) is 2. The molecule has 1 fully saturated rings. The number of nitrogens with zero attached hydrogens (tertiary/aromatic N) is 1. The zero-order valence-electron chi connectivity index (χ0n) is 15.5. The smallest absolute Gasteiger partial charge is 0.189 e. The van der Waals surface area contributed by atoms with Gasteiger partial charge in [-0.25, -0.2) is 0 Å². The lowest BCUT2D eigenvalue weighted by atomic mass is 10.1. The third-order valence-corrected chi connectivity index (χ3v) is 5.54. The Labute approximate surface area is 167 Å². The predicted octanol–water partition coefficient (Wildman–Crippen LogP) is 4.43. The number of halogens is 1. The van der Waals surface area contributed by atoms with Crippen molar-refractivity contribution in [1.82, 2.24) is 0 Å². The second-order valence-corrected chi connectivity index (χ2v) is 7.93. The highest BCUT2D eigenvalue weighted by atomic mass is 79.9. The first-order valence-electron chi connectivity index (χ1n) is 9.11. The lowest BCUT2D eigenvalue weighted by Gasteiger charge is -2.30. The van der Waals surface area contributed by atoms with E-state index in [9.17, 15) is 4.79 Å². The van der Waals surface area contributed by atoms with Crippen LogP contribution in [-0.4, -0.2) is 39.2 Å². The van der Waals surface area contributed by atoms with Gasteiger partial charge in [-0.05, 0) is 54.0 Å². The van der Waals surface area contributed by atoms with Crippen molar-refractivity contribution in [2.75, 3.05) is 38.3 Å². The number of rotatable bonds is 3. The highest BCUT2D eigenvalue weighted by Crippen LogP contribution is 2.38. The minimum Gasteiger partial charge on any atom is -0.495 e. The van der Waals surface area contributed by atoms with Gasteiger partial charge in [0.15, 0.2) is 5.78 Å². The normalized spacial score (nSPS) is 18.1. The summed E-state index contributed by atoms with van der Waals surface area (Å²) in [4.78, 5) is 15.2. The lowest BCUT2D eigenvalue weighted by molar-refractivity contribution is 0.104. The van der Waals surface area contributed by atoms with E-state index in [4.69, 9.17) is 9.47 Å². The Kier molecular flexibility index (Phi) is 5.06. The van der Waals surface area contributed by atoms with Crippen LogP contribution < -0.4 is 9.64 Å². The maximum atomic E-state index is 13.0. The fraction of sp³-hybridized carbons (Fsp3) is 0.318. The largest absolute Gasteiger partial charge is 0.495 e. The zero-order valence-corrected chi connectivity index (χ0v) is 17.1. The number of fused-ring (bicyclic) bond motifs is 1. The molecule has 0 N–H and O–H groups in total. The molecule has 0 bridgehead atoms. The van der Waals surface area contributed by atoms with Gasteiger partial charge in [-0.1, -0.05) is 22.0 Å². The molecule has 27 heavy (non-hydrogen) atoms. The van der Waals surface area contributed by atoms with Crippen LogP contribution in [0.1, 0.15) is 27.0 Å². The molecule has 0 atom stereocenters. The number of morpholine rings is 1. The minimum atomic E-state index is 0.0921. The van der Waals surface area contributed by atoms with Crippen LogP contribution in [0, 0.1) is 6.92 Å². The number of methoxy groups -OCH3 is 1. The van der Waals surface area contributed by atoms with Gasteiger partial charge in [0.1, 0.15) is 5.75 Å². The third-order valence-electron chi connectivity index (χ3n) is 5.08. The van der Waals surface area contributed by atoms with Crippen LogP contribution in [0.15, 0.2) is 40.4 Å². The number of Topliss-reactive ketones (excluding diaryl/α,β-unsaturated/α-hetero) is 1. The van der Waals surface area contributed by atoms with E-state index in [1.807, 2.05) is 18.2 Å². The summed E-state index contributed by atoms with van der Waals surface area (Å²) in [6.45, 7) is 5.16. The van der Waals surface area contributed by atoms with Crippen LogP contribution in [0.5, 0.6) is 5.75 Å². The van der Waals surface area contributed by atoms with Gasteiger partial charge in [-0.3, -0.25) is 4.79 Å². The summed E-state index contributed by atoms with van der Waals surface area (Å²) in [5, 5.41) is 0. The first kappa shape index (κ1) is 18.3. The lowest BCUT2D eigenvalue weighted by Crippen LogP contribution is -2.36. The van der Waals surface area contributed by atoms with Gasteiger partial charge in [0.05, 0.1) is 26.0 Å². The quantitative estimate of drug-likeness (QED) is 0.679. The number of aryl methyl sites for hydroxylation is 1. The van der Waals surface area contributed by atoms with Crippen molar-refractivity contribution in [3.05, 3.63) is 62.6 Å². The van der Waals surface area contributed by atoms with Crippen LogP contribution in [0.3, 0.4) is 0 Å². The van der Waals surface area contributed by atoms with Crippen LogP contribution in [-0.2, 0) is 11.2 Å². The third kappa shape index (κ3) is 3.66. The van der Waals surface area contributed by atoms with Gasteiger partial charge in [-0.15, -0.1) is 0 Å². The van der Waals surface area contributed by atoms with E-state index in [2.05, 4.69) is 46.0 Å². The molecule has 4 rings (SSSR count). The minimum absolute atomic E-state index is 0.0921. The van der Waals surface area contributed by atoms with Crippen molar-refractivity contribution < 1.29 is 14.3 Å². The molecule has 2 aromatic rings. The van der Waals surface area contributed by atoms with Crippen molar-refractivity contribution >= 4 is 33.5 Å². The number of carbonyl (C=O) groups is 1. The Morgan fingerprint density at radius 1 is 1.15 bits per heavy atom. The molecule has 0 radical (unpaired) electrons. The summed E-state index contributed by atoms with van der Waals surface area (Å²) in [7, 11) is 1.66. The molecule has 1 aliphatic heterocycles. The molecule has 2 aromatic carbocycles. The summed E-state index contributed by atoms with van der Waals surface area (Å²) in [6.07, 6.45) is 2.65. The van der Waals surface area contributed by atoms with Crippen molar-refractivity contribution in [1.29, 1.82) is 0 Å². The molecule has 0 aromatic heterocycles. The summed E-state index contributed by atoms with van der Waals surface area (Å²) < 4.78 is 12.1. The van der Waals surface area contributed by atoms with Gasteiger partial charge in [0.25, 0.3) is 0 Å². The van der Waals surface area contributed by atoms with Crippen LogP contribution in [0.25, 0.3) is 6.08 Å². The SMILES string of the molecule is COc1cc2c(cc1N1CCOCC1)C/C(=C\c1cc(C)cc(Br)c1)C2=O. The molecule has 2 aliphatic rings. The first-order chi connectivity index (χ1) is 13.0. The molecule has 0 spiro atoms. The van der Waals surface area contributed by atoms with Crippen LogP contribution >= 0.6 is 15.9 Å². The van der Waals surface area contributed by atoms with Gasteiger partial charge >= 0.3 is 0 Å². The molecule has 140 valence electrons. The number of ketones is 1. The molecular formula is C22H22BrNO3. The number of anilines is 1. The number of hydrogen-bond donors (Lipinski definition) is 0. The molecule has 4 nitrogen and oxygen atoms in total. The van der Waals surface area contributed by atoms with E-state index in [0.717, 1.165) is 56.8 Å². The van der Waals surface area contributed by atoms with Crippen molar-refractivity contribution in [2.45, 2.75) is 13.3 Å². The fourth-order valence-electron chi connectivity index (χ4n) is 3.81. The van der Waals surface area contributed by atoms with Crippen LogP contribution in [0.2, 0.25) is 0 Å². The molecule has 0 amide bonds. The average Bonchev–Trinajstić information content (AvgIpc) is 2.95. The molecule has 0 unspecified atom stereocenters. The van der Waals surface area contributed by atoms with E-state index < -0.39 is 0 Å². The Morgan fingerprint density at radius 3 is 2.63 bits per heavy atom. The topological polar surface area (TPSA) is 38.8 Å². The van der Waals surface area contributed by atoms with E-state index in [0.29, 0.717) is 19.6 Å². The van der Waals surface area contributed by atoms with Crippen LogP contribution in [0.4, 0.5) is 5.69 Å². The Hall–Kier alpha value is -2.11. The summed E-state index contributed by atoms with van der Waals surface area (Å²) in [5.41, 5.74) is 5.89. The fourth-order valence-corrected chi connectivity index (χ4v) is 4.43. The predicted molar refractivity (Wildman–Crippen MR) is 111 cm³/mol. The second kappa shape index (κ2) is 7.49. The Morgan fingerprint density at radius 2 is 1.93 bits per heavy atom. The van der Waals surface area contributed by atoms with Gasteiger partial charge in [0, 0.05) is 35.1 Å². The maximum Gasteiger partial charge on any atom is 0.189 e.